The number of carbonyl (C=O) groups is 1. The number of fused-ring (bicyclic) bond motifs is 4. The number of pyridine rings is 1. The van der Waals surface area contributed by atoms with Gasteiger partial charge in [-0.25, -0.2) is 4.98 Å². The highest BCUT2D eigenvalue weighted by Crippen LogP contribution is 2.54. The SMILES string of the molecule is CC1(C)Nc2c(cc(-c3cccc4nccn34)c3c2CCC3)C(C)(C(C)(C)C)C1=O. The molecule has 1 N–H and O–H groups in total. The highest BCUT2D eigenvalue weighted by Gasteiger charge is 2.55. The Hall–Kier alpha value is -2.62. The van der Waals surface area contributed by atoms with E-state index in [-0.39, 0.29) is 11.2 Å². The van der Waals surface area contributed by atoms with Crippen molar-refractivity contribution < 1.29 is 4.79 Å². The molecule has 3 aromatic rings. The largest absolute Gasteiger partial charge is 0.373 e. The van der Waals surface area contributed by atoms with E-state index in [0.29, 0.717) is 0 Å². The smallest absolute Gasteiger partial charge is 0.168 e. The summed E-state index contributed by atoms with van der Waals surface area (Å²) in [5.41, 5.74) is 7.14. The summed E-state index contributed by atoms with van der Waals surface area (Å²) in [5.74, 6) is 0.264. The molecule has 0 amide bonds. The molecule has 1 atom stereocenters. The van der Waals surface area contributed by atoms with Crippen molar-refractivity contribution >= 4 is 17.1 Å². The summed E-state index contributed by atoms with van der Waals surface area (Å²) in [6, 6.07) is 8.59. The fourth-order valence-corrected chi connectivity index (χ4v) is 5.58. The molecular weight excluding hydrogens is 370 g/mol. The first-order chi connectivity index (χ1) is 14.1. The second-order valence-electron chi connectivity index (χ2n) is 10.7. The van der Waals surface area contributed by atoms with Crippen LogP contribution in [0.1, 0.15) is 64.7 Å². The third-order valence-corrected chi connectivity index (χ3v) is 7.60. The molecule has 30 heavy (non-hydrogen) atoms. The molecule has 1 aliphatic heterocycles. The first kappa shape index (κ1) is 19.3. The lowest BCUT2D eigenvalue weighted by atomic mass is 9.56. The summed E-state index contributed by atoms with van der Waals surface area (Å²) in [6.45, 7) is 12.8. The number of nitrogens with zero attached hydrogens (tertiary/aromatic N) is 2. The lowest BCUT2D eigenvalue weighted by molar-refractivity contribution is -0.132. The highest BCUT2D eigenvalue weighted by atomic mass is 16.1. The van der Waals surface area contributed by atoms with E-state index in [4.69, 9.17) is 0 Å². The molecule has 5 rings (SSSR count). The maximum atomic E-state index is 13.8. The number of rotatable bonds is 1. The molecule has 1 unspecified atom stereocenters. The zero-order chi connectivity index (χ0) is 21.5. The van der Waals surface area contributed by atoms with Gasteiger partial charge in [0, 0.05) is 23.6 Å². The number of benzene rings is 1. The van der Waals surface area contributed by atoms with E-state index in [9.17, 15) is 4.79 Å². The van der Waals surface area contributed by atoms with Gasteiger partial charge in [0.25, 0.3) is 0 Å². The Balaban J connectivity index is 1.88. The molecular formula is C26H31N3O. The molecule has 0 fully saturated rings. The molecule has 0 saturated carbocycles. The first-order valence-corrected chi connectivity index (χ1v) is 11.0. The summed E-state index contributed by atoms with van der Waals surface area (Å²) in [7, 11) is 0. The average molecular weight is 402 g/mol. The molecule has 4 nitrogen and oxygen atoms in total. The van der Waals surface area contributed by atoms with E-state index in [1.807, 2.05) is 32.3 Å². The maximum absolute atomic E-state index is 13.8. The van der Waals surface area contributed by atoms with Gasteiger partial charge in [-0.1, -0.05) is 26.8 Å². The Morgan fingerprint density at radius 1 is 1.10 bits per heavy atom. The van der Waals surface area contributed by atoms with Crippen LogP contribution in [0.2, 0.25) is 0 Å². The minimum absolute atomic E-state index is 0.205. The van der Waals surface area contributed by atoms with Crippen molar-refractivity contribution in [2.45, 2.75) is 71.8 Å². The van der Waals surface area contributed by atoms with Crippen LogP contribution in [0.15, 0.2) is 36.7 Å². The number of aromatic nitrogens is 2. The van der Waals surface area contributed by atoms with Gasteiger partial charge < -0.3 is 5.32 Å². The summed E-state index contributed by atoms with van der Waals surface area (Å²) in [4.78, 5) is 18.3. The van der Waals surface area contributed by atoms with E-state index in [2.05, 4.69) is 60.6 Å². The summed E-state index contributed by atoms with van der Waals surface area (Å²) >= 11 is 0. The monoisotopic (exact) mass is 401 g/mol. The van der Waals surface area contributed by atoms with Gasteiger partial charge in [-0.3, -0.25) is 9.20 Å². The van der Waals surface area contributed by atoms with Crippen LogP contribution in [-0.4, -0.2) is 20.7 Å². The van der Waals surface area contributed by atoms with E-state index < -0.39 is 11.0 Å². The van der Waals surface area contributed by atoms with Gasteiger partial charge in [0.2, 0.25) is 0 Å². The third kappa shape index (κ3) is 2.39. The Morgan fingerprint density at radius 2 is 1.83 bits per heavy atom. The Kier molecular flexibility index (Phi) is 3.85. The lowest BCUT2D eigenvalue weighted by Gasteiger charge is -2.51. The van der Waals surface area contributed by atoms with E-state index in [1.165, 1.54) is 22.4 Å². The van der Waals surface area contributed by atoms with Gasteiger partial charge >= 0.3 is 0 Å². The van der Waals surface area contributed by atoms with E-state index >= 15 is 0 Å². The Bertz CT molecular complexity index is 1190. The van der Waals surface area contributed by atoms with Crippen LogP contribution < -0.4 is 5.32 Å². The molecule has 0 spiro atoms. The van der Waals surface area contributed by atoms with Crippen molar-refractivity contribution in [2.24, 2.45) is 5.41 Å². The maximum Gasteiger partial charge on any atom is 0.168 e. The number of anilines is 1. The zero-order valence-corrected chi connectivity index (χ0v) is 18.9. The Labute approximate surface area is 178 Å². The van der Waals surface area contributed by atoms with Gasteiger partial charge in [0.15, 0.2) is 5.78 Å². The van der Waals surface area contributed by atoms with E-state index in [0.717, 1.165) is 36.2 Å². The fourth-order valence-electron chi connectivity index (χ4n) is 5.58. The fraction of sp³-hybridized carbons (Fsp3) is 0.462. The van der Waals surface area contributed by atoms with Crippen molar-refractivity contribution in [3.8, 4) is 11.3 Å². The number of carbonyl (C=O) groups excluding carboxylic acids is 1. The lowest BCUT2D eigenvalue weighted by Crippen LogP contribution is -2.59. The number of Topliss-reactive ketones (excluding diaryl/α,β-unsaturated/α-hetero) is 1. The summed E-state index contributed by atoms with van der Waals surface area (Å²) in [6.07, 6.45) is 7.17. The van der Waals surface area contributed by atoms with Crippen LogP contribution >= 0.6 is 0 Å². The minimum atomic E-state index is -0.586. The highest BCUT2D eigenvalue weighted by molar-refractivity contribution is 6.04. The predicted molar refractivity (Wildman–Crippen MR) is 122 cm³/mol. The van der Waals surface area contributed by atoms with Gasteiger partial charge in [-0.2, -0.15) is 0 Å². The standard InChI is InChI=1S/C26H31N3O/c1-24(2,3)26(6)19-15-18(20-11-8-12-21-27-13-14-29(20)21)16-9-7-10-17(16)22(19)28-25(4,5)23(26)30/h8,11-15,28H,7,9-10H2,1-6H3. The van der Waals surface area contributed by atoms with Crippen molar-refractivity contribution in [3.63, 3.8) is 0 Å². The molecule has 0 saturated heterocycles. The van der Waals surface area contributed by atoms with Crippen LogP contribution in [0.5, 0.6) is 0 Å². The molecule has 1 aromatic carbocycles. The molecule has 2 aliphatic rings. The van der Waals surface area contributed by atoms with Crippen LogP contribution in [-0.2, 0) is 23.1 Å². The van der Waals surface area contributed by atoms with Gasteiger partial charge in [0.1, 0.15) is 5.65 Å². The number of ketones is 1. The van der Waals surface area contributed by atoms with Crippen molar-refractivity contribution in [1.29, 1.82) is 0 Å². The van der Waals surface area contributed by atoms with Gasteiger partial charge in [0.05, 0.1) is 16.6 Å². The summed E-state index contributed by atoms with van der Waals surface area (Å²) in [5, 5.41) is 3.66. The topological polar surface area (TPSA) is 46.4 Å². The third-order valence-electron chi connectivity index (χ3n) is 7.60. The molecule has 2 aromatic heterocycles. The quantitative estimate of drug-likeness (QED) is 0.580. The predicted octanol–water partition coefficient (Wildman–Crippen LogP) is 5.57. The van der Waals surface area contributed by atoms with Gasteiger partial charge in [-0.05, 0) is 80.3 Å². The minimum Gasteiger partial charge on any atom is -0.373 e. The van der Waals surface area contributed by atoms with Crippen LogP contribution in [0.25, 0.3) is 16.9 Å². The molecule has 0 radical (unpaired) electrons. The molecule has 0 bridgehead atoms. The van der Waals surface area contributed by atoms with Gasteiger partial charge in [-0.15, -0.1) is 0 Å². The number of hydrogen-bond acceptors (Lipinski definition) is 3. The first-order valence-electron chi connectivity index (χ1n) is 11.0. The average Bonchev–Trinajstić information content (AvgIpc) is 3.34. The molecule has 4 heteroatoms. The normalized spacial score (nSPS) is 22.7. The van der Waals surface area contributed by atoms with Crippen molar-refractivity contribution in [2.75, 3.05) is 5.32 Å². The van der Waals surface area contributed by atoms with Crippen molar-refractivity contribution in [1.82, 2.24) is 9.38 Å². The van der Waals surface area contributed by atoms with Crippen molar-refractivity contribution in [3.05, 3.63) is 53.3 Å². The summed E-state index contributed by atoms with van der Waals surface area (Å²) < 4.78 is 2.16. The molecule has 1 aliphatic carbocycles. The second-order valence-corrected chi connectivity index (χ2v) is 10.7. The Morgan fingerprint density at radius 3 is 2.57 bits per heavy atom. The molecule has 3 heterocycles. The van der Waals surface area contributed by atoms with Crippen LogP contribution in [0, 0.1) is 5.41 Å². The van der Waals surface area contributed by atoms with Crippen LogP contribution in [0.3, 0.4) is 0 Å². The number of hydrogen-bond donors (Lipinski definition) is 1. The van der Waals surface area contributed by atoms with E-state index in [1.54, 1.807) is 0 Å². The zero-order valence-electron chi connectivity index (χ0n) is 18.9. The number of imidazole rings is 1. The second kappa shape index (κ2) is 5.96. The van der Waals surface area contributed by atoms with Crippen LogP contribution in [0.4, 0.5) is 5.69 Å². The number of nitrogens with one attached hydrogen (secondary N) is 1. The molecule has 156 valence electrons.